The number of rotatable bonds is 1. The number of morpholine rings is 1. The third-order valence-electron chi connectivity index (χ3n) is 2.02. The second-order valence-electron chi connectivity index (χ2n) is 2.93. The molecule has 1 fully saturated rings. The van der Waals surface area contributed by atoms with E-state index in [1.807, 2.05) is 12.1 Å². The molecular weight excluding hydrogens is 232 g/mol. The molecular formula is C9H11BrN2O. The Balaban J connectivity index is 2.18. The highest BCUT2D eigenvalue weighted by molar-refractivity contribution is 9.10. The molecule has 1 aliphatic heterocycles. The van der Waals surface area contributed by atoms with Crippen LogP contribution in [0.3, 0.4) is 0 Å². The molecule has 1 aliphatic rings. The molecule has 1 unspecified atom stereocenters. The van der Waals surface area contributed by atoms with Crippen LogP contribution in [0.25, 0.3) is 0 Å². The second-order valence-corrected chi connectivity index (χ2v) is 3.79. The molecule has 1 aromatic rings. The van der Waals surface area contributed by atoms with E-state index in [0.717, 1.165) is 29.9 Å². The van der Waals surface area contributed by atoms with Crippen LogP contribution in [-0.4, -0.2) is 24.7 Å². The average molecular weight is 243 g/mol. The minimum Gasteiger partial charge on any atom is -0.369 e. The normalized spacial score (nSPS) is 23.0. The molecule has 0 bridgehead atoms. The van der Waals surface area contributed by atoms with Gasteiger partial charge in [0.15, 0.2) is 0 Å². The zero-order valence-corrected chi connectivity index (χ0v) is 8.75. The summed E-state index contributed by atoms with van der Waals surface area (Å²) in [6.07, 6.45) is 1.88. The van der Waals surface area contributed by atoms with E-state index >= 15 is 0 Å². The topological polar surface area (TPSA) is 34.2 Å². The number of pyridine rings is 1. The Labute approximate surface area is 85.6 Å². The summed E-state index contributed by atoms with van der Waals surface area (Å²) >= 11 is 3.46. The molecule has 0 spiro atoms. The Morgan fingerprint density at radius 2 is 2.54 bits per heavy atom. The maximum atomic E-state index is 5.59. The lowest BCUT2D eigenvalue weighted by Crippen LogP contribution is -2.33. The minimum atomic E-state index is 0.0873. The van der Waals surface area contributed by atoms with Gasteiger partial charge in [-0.1, -0.05) is 0 Å². The summed E-state index contributed by atoms with van der Waals surface area (Å²) in [7, 11) is 0. The lowest BCUT2D eigenvalue weighted by atomic mass is 10.2. The van der Waals surface area contributed by atoms with Crippen molar-refractivity contribution in [3.8, 4) is 0 Å². The second kappa shape index (κ2) is 4.17. The molecule has 1 aromatic heterocycles. The summed E-state index contributed by atoms with van der Waals surface area (Å²) in [6.45, 7) is 2.53. The summed E-state index contributed by atoms with van der Waals surface area (Å²) in [4.78, 5) is 4.29. The largest absolute Gasteiger partial charge is 0.369 e. The Bertz CT molecular complexity index is 287. The highest BCUT2D eigenvalue weighted by Gasteiger charge is 2.18. The van der Waals surface area contributed by atoms with E-state index in [9.17, 15) is 0 Å². The van der Waals surface area contributed by atoms with Gasteiger partial charge in [0, 0.05) is 23.8 Å². The molecule has 1 saturated heterocycles. The van der Waals surface area contributed by atoms with Gasteiger partial charge in [0.1, 0.15) is 6.10 Å². The molecule has 0 aliphatic carbocycles. The Morgan fingerprint density at radius 3 is 3.23 bits per heavy atom. The van der Waals surface area contributed by atoms with Gasteiger partial charge in [-0.05, 0) is 28.1 Å². The van der Waals surface area contributed by atoms with Gasteiger partial charge in [0.25, 0.3) is 0 Å². The predicted molar refractivity (Wildman–Crippen MR) is 53.5 cm³/mol. The summed E-state index contributed by atoms with van der Waals surface area (Å²) < 4.78 is 6.61. The number of hydrogen-bond acceptors (Lipinski definition) is 3. The van der Waals surface area contributed by atoms with E-state index in [1.165, 1.54) is 0 Å². The number of nitrogens with one attached hydrogen (secondary N) is 1. The van der Waals surface area contributed by atoms with Crippen molar-refractivity contribution in [1.29, 1.82) is 0 Å². The number of ether oxygens (including phenoxy) is 1. The van der Waals surface area contributed by atoms with E-state index in [2.05, 4.69) is 26.2 Å². The molecule has 0 aromatic carbocycles. The molecule has 1 N–H and O–H groups in total. The molecule has 1 atom stereocenters. The zero-order chi connectivity index (χ0) is 9.10. The molecule has 2 heterocycles. The van der Waals surface area contributed by atoms with Crippen molar-refractivity contribution in [3.05, 3.63) is 28.5 Å². The highest BCUT2D eigenvalue weighted by Crippen LogP contribution is 2.23. The van der Waals surface area contributed by atoms with Gasteiger partial charge >= 0.3 is 0 Å². The van der Waals surface area contributed by atoms with Gasteiger partial charge in [0.05, 0.1) is 12.3 Å². The van der Waals surface area contributed by atoms with Crippen LogP contribution in [0.1, 0.15) is 11.8 Å². The molecule has 13 heavy (non-hydrogen) atoms. The van der Waals surface area contributed by atoms with Crippen molar-refractivity contribution in [1.82, 2.24) is 10.3 Å². The third kappa shape index (κ3) is 2.07. The fraction of sp³-hybridized carbons (Fsp3) is 0.444. The molecule has 2 rings (SSSR count). The average Bonchev–Trinajstić information content (AvgIpc) is 2.20. The zero-order valence-electron chi connectivity index (χ0n) is 7.16. The molecule has 0 amide bonds. The number of hydrogen-bond donors (Lipinski definition) is 1. The first kappa shape index (κ1) is 9.12. The maximum Gasteiger partial charge on any atom is 0.113 e. The molecule has 3 nitrogen and oxygen atoms in total. The first-order valence-electron chi connectivity index (χ1n) is 4.30. The summed E-state index contributed by atoms with van der Waals surface area (Å²) in [5, 5.41) is 3.27. The summed E-state index contributed by atoms with van der Waals surface area (Å²) in [5.41, 5.74) is 0.981. The van der Waals surface area contributed by atoms with Crippen LogP contribution in [0.2, 0.25) is 0 Å². The highest BCUT2D eigenvalue weighted by atomic mass is 79.9. The van der Waals surface area contributed by atoms with Gasteiger partial charge in [-0.15, -0.1) is 0 Å². The van der Waals surface area contributed by atoms with Crippen LogP contribution in [0.15, 0.2) is 22.8 Å². The maximum absolute atomic E-state index is 5.59. The van der Waals surface area contributed by atoms with Gasteiger partial charge in [-0.2, -0.15) is 0 Å². The lowest BCUT2D eigenvalue weighted by molar-refractivity contribution is 0.0245. The van der Waals surface area contributed by atoms with Crippen molar-refractivity contribution in [3.63, 3.8) is 0 Å². The Hall–Kier alpha value is -0.450. The lowest BCUT2D eigenvalue weighted by Gasteiger charge is -2.23. The first-order chi connectivity index (χ1) is 6.38. The number of halogens is 1. The van der Waals surface area contributed by atoms with Gasteiger partial charge in [0.2, 0.25) is 0 Å². The summed E-state index contributed by atoms with van der Waals surface area (Å²) in [5.74, 6) is 0. The van der Waals surface area contributed by atoms with Crippen molar-refractivity contribution < 1.29 is 4.74 Å². The number of aromatic nitrogens is 1. The monoisotopic (exact) mass is 242 g/mol. The van der Waals surface area contributed by atoms with Crippen molar-refractivity contribution in [2.45, 2.75) is 6.10 Å². The van der Waals surface area contributed by atoms with Crippen molar-refractivity contribution >= 4 is 15.9 Å². The van der Waals surface area contributed by atoms with Gasteiger partial charge in [-0.25, -0.2) is 0 Å². The van der Waals surface area contributed by atoms with E-state index in [4.69, 9.17) is 4.74 Å². The Kier molecular flexibility index (Phi) is 2.93. The molecule has 0 radical (unpaired) electrons. The number of nitrogens with zero attached hydrogens (tertiary/aromatic N) is 1. The fourth-order valence-corrected chi connectivity index (χ4v) is 1.89. The molecule has 4 heteroatoms. The van der Waals surface area contributed by atoms with Crippen LogP contribution in [0.5, 0.6) is 0 Å². The van der Waals surface area contributed by atoms with Gasteiger partial charge in [-0.3, -0.25) is 4.98 Å². The van der Waals surface area contributed by atoms with Crippen molar-refractivity contribution in [2.24, 2.45) is 0 Å². The van der Waals surface area contributed by atoms with Crippen LogP contribution < -0.4 is 5.32 Å². The van der Waals surface area contributed by atoms with Crippen LogP contribution in [0, 0.1) is 0 Å². The van der Waals surface area contributed by atoms with Crippen LogP contribution >= 0.6 is 15.9 Å². The van der Waals surface area contributed by atoms with E-state index in [1.54, 1.807) is 6.20 Å². The standard InChI is InChI=1S/C9H11BrN2O/c10-7-2-1-3-12-9(7)8-6-11-4-5-13-8/h1-3,8,11H,4-6H2. The third-order valence-corrected chi connectivity index (χ3v) is 2.69. The first-order valence-corrected chi connectivity index (χ1v) is 5.10. The Morgan fingerprint density at radius 1 is 1.62 bits per heavy atom. The van der Waals surface area contributed by atoms with Crippen LogP contribution in [0.4, 0.5) is 0 Å². The quantitative estimate of drug-likeness (QED) is 0.811. The van der Waals surface area contributed by atoms with Gasteiger partial charge < -0.3 is 10.1 Å². The predicted octanol–water partition coefficient (Wildman–Crippen LogP) is 1.50. The SMILES string of the molecule is Brc1cccnc1C1CNCCO1. The molecule has 0 saturated carbocycles. The van der Waals surface area contributed by atoms with E-state index in [-0.39, 0.29) is 6.10 Å². The van der Waals surface area contributed by atoms with Crippen LogP contribution in [-0.2, 0) is 4.74 Å². The van der Waals surface area contributed by atoms with E-state index in [0.29, 0.717) is 0 Å². The van der Waals surface area contributed by atoms with Crippen molar-refractivity contribution in [2.75, 3.05) is 19.7 Å². The minimum absolute atomic E-state index is 0.0873. The van der Waals surface area contributed by atoms with E-state index < -0.39 is 0 Å². The summed E-state index contributed by atoms with van der Waals surface area (Å²) in [6, 6.07) is 3.89. The smallest absolute Gasteiger partial charge is 0.113 e. The fourth-order valence-electron chi connectivity index (χ4n) is 1.38. The molecule has 70 valence electrons.